The molecule has 31 heavy (non-hydrogen) atoms. The molecule has 2 aromatic rings. The number of rotatable bonds is 8. The topological polar surface area (TPSA) is 122 Å². The maximum absolute atomic E-state index is 12.6. The van der Waals surface area contributed by atoms with Crippen molar-refractivity contribution in [3.8, 4) is 11.5 Å². The number of para-hydroxylation sites is 1. The summed E-state index contributed by atoms with van der Waals surface area (Å²) >= 11 is 0.726. The minimum atomic E-state index is -1.13. The second-order valence-corrected chi connectivity index (χ2v) is 7.27. The van der Waals surface area contributed by atoms with Crippen molar-refractivity contribution in [2.45, 2.75) is 0 Å². The van der Waals surface area contributed by atoms with Crippen molar-refractivity contribution >= 4 is 46.5 Å². The minimum absolute atomic E-state index is 0.152. The Kier molecular flexibility index (Phi) is 6.93. The van der Waals surface area contributed by atoms with Gasteiger partial charge in [-0.3, -0.25) is 19.3 Å². The van der Waals surface area contributed by atoms with Gasteiger partial charge in [0.25, 0.3) is 11.1 Å². The van der Waals surface area contributed by atoms with E-state index in [9.17, 15) is 19.2 Å². The standard InChI is InChI=1S/C21H18N2O7S/c1-29-16-9-13(7-8-15(16)30-12-19(25)26)10-17-20(27)23(21(28)31-17)11-18(24)22-14-5-3-2-4-6-14/h2-10H,11-12H2,1H3,(H,22,24)(H,25,26)/b17-10+. The first kappa shape index (κ1) is 21.9. The Hall–Kier alpha value is -3.79. The highest BCUT2D eigenvalue weighted by molar-refractivity contribution is 8.18. The molecular formula is C21H18N2O7S. The molecule has 1 aliphatic rings. The van der Waals surface area contributed by atoms with Crippen LogP contribution in [0.1, 0.15) is 5.56 Å². The van der Waals surface area contributed by atoms with E-state index in [0.717, 1.165) is 16.7 Å². The summed E-state index contributed by atoms with van der Waals surface area (Å²) in [6.45, 7) is -0.929. The predicted molar refractivity (Wildman–Crippen MR) is 114 cm³/mol. The number of carboxylic acids is 1. The highest BCUT2D eigenvalue weighted by Gasteiger charge is 2.36. The number of methoxy groups -OCH3 is 1. The predicted octanol–water partition coefficient (Wildman–Crippen LogP) is 2.83. The molecule has 3 rings (SSSR count). The molecule has 0 aliphatic carbocycles. The molecule has 160 valence electrons. The van der Waals surface area contributed by atoms with Gasteiger partial charge < -0.3 is 19.9 Å². The molecular weight excluding hydrogens is 424 g/mol. The number of benzene rings is 2. The first-order valence-corrected chi connectivity index (χ1v) is 9.82. The molecule has 0 radical (unpaired) electrons. The van der Waals surface area contributed by atoms with Gasteiger partial charge in [-0.25, -0.2) is 4.79 Å². The van der Waals surface area contributed by atoms with Gasteiger partial charge in [-0.15, -0.1) is 0 Å². The first-order valence-electron chi connectivity index (χ1n) is 9.00. The van der Waals surface area contributed by atoms with Crippen molar-refractivity contribution < 1.29 is 33.8 Å². The number of thioether (sulfide) groups is 1. The summed E-state index contributed by atoms with van der Waals surface area (Å²) in [5.74, 6) is -1.69. The number of carbonyl (C=O) groups is 4. The lowest BCUT2D eigenvalue weighted by atomic mass is 10.2. The average molecular weight is 442 g/mol. The fourth-order valence-electron chi connectivity index (χ4n) is 2.69. The number of anilines is 1. The Morgan fingerprint density at radius 2 is 1.87 bits per heavy atom. The Morgan fingerprint density at radius 3 is 2.55 bits per heavy atom. The van der Waals surface area contributed by atoms with Gasteiger partial charge in [0.2, 0.25) is 5.91 Å². The van der Waals surface area contributed by atoms with Crippen LogP contribution >= 0.6 is 11.8 Å². The molecule has 0 unspecified atom stereocenters. The Labute approximate surface area is 181 Å². The molecule has 1 fully saturated rings. The molecule has 0 spiro atoms. The number of aliphatic carboxylic acids is 1. The zero-order valence-corrected chi connectivity index (χ0v) is 17.2. The summed E-state index contributed by atoms with van der Waals surface area (Å²) in [7, 11) is 1.39. The van der Waals surface area contributed by atoms with Crippen LogP contribution in [0, 0.1) is 0 Å². The number of imide groups is 1. The van der Waals surface area contributed by atoms with E-state index in [1.165, 1.54) is 19.3 Å². The largest absolute Gasteiger partial charge is 0.493 e. The van der Waals surface area contributed by atoms with Gasteiger partial charge >= 0.3 is 5.97 Å². The van der Waals surface area contributed by atoms with Gasteiger partial charge in [-0.1, -0.05) is 24.3 Å². The minimum Gasteiger partial charge on any atom is -0.493 e. The van der Waals surface area contributed by atoms with Gasteiger partial charge in [0.05, 0.1) is 12.0 Å². The van der Waals surface area contributed by atoms with Crippen LogP contribution in [-0.2, 0) is 14.4 Å². The number of hydrogen-bond donors (Lipinski definition) is 2. The van der Waals surface area contributed by atoms with Crippen LogP contribution in [-0.4, -0.2) is 53.3 Å². The van der Waals surface area contributed by atoms with E-state index in [4.69, 9.17) is 14.6 Å². The summed E-state index contributed by atoms with van der Waals surface area (Å²) < 4.78 is 10.3. The van der Waals surface area contributed by atoms with Crippen molar-refractivity contribution in [1.82, 2.24) is 4.90 Å². The van der Waals surface area contributed by atoms with E-state index in [1.54, 1.807) is 42.5 Å². The van der Waals surface area contributed by atoms with E-state index in [0.29, 0.717) is 11.3 Å². The third-order valence-electron chi connectivity index (χ3n) is 4.07. The Balaban J connectivity index is 1.70. The third-order valence-corrected chi connectivity index (χ3v) is 4.98. The SMILES string of the molecule is COc1cc(/C=C2/SC(=O)N(CC(=O)Nc3ccccc3)C2=O)ccc1OCC(=O)O. The lowest BCUT2D eigenvalue weighted by molar-refractivity contribution is -0.139. The number of carbonyl (C=O) groups excluding carboxylic acids is 3. The maximum Gasteiger partial charge on any atom is 0.341 e. The normalized spacial score (nSPS) is 14.6. The molecule has 2 N–H and O–H groups in total. The average Bonchev–Trinajstić information content (AvgIpc) is 3.00. The van der Waals surface area contributed by atoms with Crippen LogP contribution in [0.2, 0.25) is 0 Å². The summed E-state index contributed by atoms with van der Waals surface area (Å²) in [6, 6.07) is 13.4. The summed E-state index contributed by atoms with van der Waals surface area (Å²) in [6.07, 6.45) is 1.49. The number of ether oxygens (including phenoxy) is 2. The Bertz CT molecular complexity index is 1050. The summed E-state index contributed by atoms with van der Waals surface area (Å²) in [5, 5.41) is 10.8. The highest BCUT2D eigenvalue weighted by atomic mass is 32.2. The number of amides is 3. The summed E-state index contributed by atoms with van der Waals surface area (Å²) in [4.78, 5) is 48.8. The fraction of sp³-hybridized carbons (Fsp3) is 0.143. The van der Waals surface area contributed by atoms with Crippen molar-refractivity contribution in [3.05, 3.63) is 59.0 Å². The molecule has 0 bridgehead atoms. The van der Waals surface area contributed by atoms with Crippen molar-refractivity contribution in [2.75, 3.05) is 25.6 Å². The van der Waals surface area contributed by atoms with Gasteiger partial charge in [-0.2, -0.15) is 0 Å². The van der Waals surface area contributed by atoms with Crippen molar-refractivity contribution in [2.24, 2.45) is 0 Å². The van der Waals surface area contributed by atoms with E-state index in [2.05, 4.69) is 5.32 Å². The van der Waals surface area contributed by atoms with Crippen LogP contribution in [0.15, 0.2) is 53.4 Å². The van der Waals surface area contributed by atoms with Crippen LogP contribution in [0.4, 0.5) is 10.5 Å². The smallest absolute Gasteiger partial charge is 0.341 e. The molecule has 0 saturated carbocycles. The second-order valence-electron chi connectivity index (χ2n) is 6.27. The van der Waals surface area contributed by atoms with Gasteiger partial charge in [0, 0.05) is 5.69 Å². The lowest BCUT2D eigenvalue weighted by Gasteiger charge is -2.12. The lowest BCUT2D eigenvalue weighted by Crippen LogP contribution is -2.36. The van der Waals surface area contributed by atoms with Crippen LogP contribution in [0.3, 0.4) is 0 Å². The van der Waals surface area contributed by atoms with E-state index >= 15 is 0 Å². The molecule has 3 amide bonds. The molecule has 9 nitrogen and oxygen atoms in total. The quantitative estimate of drug-likeness (QED) is 0.599. The molecule has 0 aromatic heterocycles. The number of nitrogens with zero attached hydrogens (tertiary/aromatic N) is 1. The zero-order chi connectivity index (χ0) is 22.4. The van der Waals surface area contributed by atoms with Crippen molar-refractivity contribution in [1.29, 1.82) is 0 Å². The monoisotopic (exact) mass is 442 g/mol. The number of hydrogen-bond acceptors (Lipinski definition) is 7. The first-order chi connectivity index (χ1) is 14.9. The Morgan fingerprint density at radius 1 is 1.13 bits per heavy atom. The highest BCUT2D eigenvalue weighted by Crippen LogP contribution is 2.34. The van der Waals surface area contributed by atoms with Crippen LogP contribution < -0.4 is 14.8 Å². The van der Waals surface area contributed by atoms with Gasteiger partial charge in [0.1, 0.15) is 6.54 Å². The molecule has 1 saturated heterocycles. The van der Waals surface area contributed by atoms with Crippen LogP contribution in [0.25, 0.3) is 6.08 Å². The third kappa shape index (κ3) is 5.64. The number of carboxylic acid groups (broad SMARTS) is 1. The molecule has 0 atom stereocenters. The molecule has 1 heterocycles. The van der Waals surface area contributed by atoms with Gasteiger partial charge in [0.15, 0.2) is 18.1 Å². The van der Waals surface area contributed by atoms with Gasteiger partial charge in [-0.05, 0) is 47.7 Å². The maximum atomic E-state index is 12.6. The van der Waals surface area contributed by atoms with Crippen molar-refractivity contribution in [3.63, 3.8) is 0 Å². The molecule has 10 heteroatoms. The fourth-order valence-corrected chi connectivity index (χ4v) is 3.52. The van der Waals surface area contributed by atoms with Crippen LogP contribution in [0.5, 0.6) is 11.5 Å². The van der Waals surface area contributed by atoms with E-state index in [-0.39, 0.29) is 16.4 Å². The molecule has 1 aliphatic heterocycles. The number of nitrogens with one attached hydrogen (secondary N) is 1. The molecule has 2 aromatic carbocycles. The zero-order valence-electron chi connectivity index (χ0n) is 16.4. The van der Waals surface area contributed by atoms with E-state index in [1.807, 2.05) is 0 Å². The summed E-state index contributed by atoms with van der Waals surface area (Å²) in [5.41, 5.74) is 1.10. The van der Waals surface area contributed by atoms with E-state index < -0.39 is 36.2 Å². The second kappa shape index (κ2) is 9.81.